The van der Waals surface area contributed by atoms with Gasteiger partial charge in [0.2, 0.25) is 9.41 Å². The summed E-state index contributed by atoms with van der Waals surface area (Å²) in [6, 6.07) is 0.151. The fraction of sp³-hybridized carbons (Fsp3) is 0.759. The van der Waals surface area contributed by atoms with Gasteiger partial charge in [-0.25, -0.2) is 25.6 Å². The average molecular weight is 1230 g/mol. The molecule has 0 radical (unpaired) electrons. The molecule has 0 aliphatic carbocycles. The topological polar surface area (TPSA) is 355 Å². The van der Waals surface area contributed by atoms with Crippen molar-refractivity contribution in [1.82, 2.24) is 33.3 Å². The third-order valence-corrected chi connectivity index (χ3v) is 15.3. The summed E-state index contributed by atoms with van der Waals surface area (Å²) in [5, 5.41) is 27.3. The van der Waals surface area contributed by atoms with Crippen LogP contribution >= 0.6 is 8.53 Å². The predicted molar refractivity (Wildman–Crippen MR) is 310 cm³/mol. The summed E-state index contributed by atoms with van der Waals surface area (Å²) < 4.78 is 96.5. The first-order valence-electron chi connectivity index (χ1n) is 29.2. The van der Waals surface area contributed by atoms with Gasteiger partial charge in [-0.05, 0) is 68.2 Å². The molecule has 84 heavy (non-hydrogen) atoms. The summed E-state index contributed by atoms with van der Waals surface area (Å²) in [5.41, 5.74) is -2.18. The molecule has 480 valence electrons. The van der Waals surface area contributed by atoms with E-state index in [-0.39, 0.29) is 44.4 Å². The molecule has 6 heterocycles. The van der Waals surface area contributed by atoms with Gasteiger partial charge in [0.25, 0.3) is 25.2 Å². The van der Waals surface area contributed by atoms with Crippen molar-refractivity contribution in [2.45, 2.75) is 175 Å². The zero-order valence-corrected chi connectivity index (χ0v) is 51.9. The SMILES string of the molecule is COCCO[C@@H]1[C@H](C)[C@@H]([C@@H](C)O)O[C@H]1n1cc(C)c(=O)[nH]c1=O.[2H][C@@H](C)[C@H]1O[C@@H](n2cc(C)c(=O)[nH]c2=O)[C@H](OCCOC)[C@@H]1O.[2H][C@@H](C)[C@H]1O[C@@H](n2cc(C)c(=O)[nH]c2=O)[C@H](OCCOC)[C@@H]1OP(OCC[N+]#[C-])N(C(C)C)C(C)C.[3H]OC.[3H]OC. The summed E-state index contributed by atoms with van der Waals surface area (Å²) in [6.07, 6.45) is -6.40. The predicted octanol–water partition coefficient (Wildman–Crippen LogP) is 1.40. The van der Waals surface area contributed by atoms with E-state index in [1.54, 1.807) is 55.8 Å². The molecule has 0 spiro atoms. The Hall–Kier alpha value is -4.68. The lowest BCUT2D eigenvalue weighted by atomic mass is 9.97. The molecule has 30 heteroatoms. The Morgan fingerprint density at radius 1 is 0.667 bits per heavy atom. The van der Waals surface area contributed by atoms with E-state index in [0.717, 1.165) is 0 Å². The van der Waals surface area contributed by atoms with Crippen molar-refractivity contribution in [3.05, 3.63) is 109 Å². The van der Waals surface area contributed by atoms with Gasteiger partial charge in [-0.15, -0.1) is 0 Å². The van der Waals surface area contributed by atoms with Gasteiger partial charge >= 0.3 is 17.1 Å². The lowest BCUT2D eigenvalue weighted by Gasteiger charge is -2.38. The van der Waals surface area contributed by atoms with E-state index in [2.05, 4.69) is 34.7 Å². The number of rotatable bonds is 26. The minimum absolute atomic E-state index is 0.0753. The Morgan fingerprint density at radius 3 is 1.43 bits per heavy atom. The fourth-order valence-corrected chi connectivity index (χ4v) is 10.9. The molecule has 3 fully saturated rings. The summed E-state index contributed by atoms with van der Waals surface area (Å²) in [5.74, 6) is -0.129. The molecule has 6 rings (SSSR count). The number of hydrogen-bond donors (Lipinski definition) is 7. The van der Waals surface area contributed by atoms with Gasteiger partial charge in [0.1, 0.15) is 37.1 Å². The number of aryl methyl sites for hydroxylation is 3. The van der Waals surface area contributed by atoms with Crippen LogP contribution in [0.2, 0.25) is 0 Å². The molecule has 29 nitrogen and oxygen atoms in total. The van der Waals surface area contributed by atoms with Crippen LogP contribution in [0.4, 0.5) is 0 Å². The van der Waals surface area contributed by atoms with Gasteiger partial charge in [0, 0.05) is 91.6 Å². The van der Waals surface area contributed by atoms with E-state index in [1.165, 1.54) is 53.6 Å². The average Bonchev–Trinajstić information content (AvgIpc) is 2.47. The van der Waals surface area contributed by atoms with E-state index < -0.39 is 129 Å². The van der Waals surface area contributed by atoms with Gasteiger partial charge in [0.05, 0.1) is 64.1 Å². The molecule has 3 aliphatic heterocycles. The first kappa shape index (κ1) is 68.4. The largest absolute Gasteiger partial charge is 0.400 e. The molecule has 0 amide bonds. The summed E-state index contributed by atoms with van der Waals surface area (Å²) in [4.78, 5) is 82.0. The van der Waals surface area contributed by atoms with E-state index in [1.807, 2.05) is 34.6 Å². The van der Waals surface area contributed by atoms with E-state index in [9.17, 15) is 39.0 Å². The molecule has 1 unspecified atom stereocenters. The highest BCUT2D eigenvalue weighted by Crippen LogP contribution is 2.50. The van der Waals surface area contributed by atoms with Crippen molar-refractivity contribution in [1.29, 1.82) is 2.86 Å². The van der Waals surface area contributed by atoms with Crippen LogP contribution in [0.15, 0.2) is 47.4 Å². The number of H-pyrrole nitrogens is 3. The molecular formula is C54H93N8O21P. The van der Waals surface area contributed by atoms with Crippen LogP contribution in [0.25, 0.3) is 4.85 Å². The van der Waals surface area contributed by atoms with Crippen LogP contribution in [0.3, 0.4) is 0 Å². The standard InChI is InChI=1S/C23H39N4O7P.C15H24N2O6.C14H22N2O6.2CH4O/c1-9-18-19(34-35(32-11-10-24-7)27(15(2)3)16(4)5)20(31-13-12-30-8)22(33-18)26-14-17(6)21(28)25-23(26)29;1-8-7-17(15(20)16-13(8)19)14-12(22-6-5-21-4)9(2)11(23-14)10(3)18;1-4-9-10(17)11(21-6-5-20-3)13(22-9)16-7-8(2)12(18)15-14(16)19;2*1-2/h14-16,18-20,22H,9-13H2,1-6,8H3,(H,25,28,29);7,9-12,14,18H,5-6H2,1-4H3,(H,16,19,20);7,9-11,13,17H,4-6H2,1-3H3,(H,15,18,19);2*2H,1H3/t18-,19-,20-,22-,35?;9-,10-,11+,12-,14-;9-,10-,11-,13-;;/m111../s1/i9D;;4D;2*2T/t9-,18+,19+,20+,22+,35?;;4-,9+,10+,11+,13+;;/m0.0... The molecule has 7 N–H and O–H groups in total. The zero-order valence-electron chi connectivity index (χ0n) is 55.0. The zero-order chi connectivity index (χ0) is 66.7. The highest BCUT2D eigenvalue weighted by atomic mass is 31.2. The van der Waals surface area contributed by atoms with Crippen molar-refractivity contribution in [2.24, 2.45) is 5.92 Å². The Morgan fingerprint density at radius 2 is 1.05 bits per heavy atom. The second kappa shape index (κ2) is 38.5. The second-order valence-electron chi connectivity index (χ2n) is 19.7. The van der Waals surface area contributed by atoms with E-state index >= 15 is 0 Å². The minimum Gasteiger partial charge on any atom is -0.400 e. The molecule has 0 saturated carbocycles. The third kappa shape index (κ3) is 20.8. The van der Waals surface area contributed by atoms with E-state index in [4.69, 9.17) is 63.9 Å². The molecule has 3 aliphatic rings. The Bertz CT molecular complexity index is 2790. The number of ether oxygens (including phenoxy) is 9. The summed E-state index contributed by atoms with van der Waals surface area (Å²) in [6.45, 7) is 29.0. The summed E-state index contributed by atoms with van der Waals surface area (Å²) in [7, 11) is 5.57. The smallest absolute Gasteiger partial charge is 0.330 e. The van der Waals surface area contributed by atoms with Gasteiger partial charge in [-0.3, -0.25) is 43.0 Å². The van der Waals surface area contributed by atoms with Crippen molar-refractivity contribution < 1.29 is 74.9 Å². The monoisotopic (exact) mass is 1230 g/mol. The number of nitrogens with zero attached hydrogens (tertiary/aromatic N) is 5. The molecule has 0 bridgehead atoms. The first-order chi connectivity index (χ1) is 41.6. The van der Waals surface area contributed by atoms with Gasteiger partial charge in [-0.2, -0.15) is 0 Å². The van der Waals surface area contributed by atoms with Gasteiger partial charge < -0.3 is 77.0 Å². The number of aromatic nitrogens is 6. The van der Waals surface area contributed by atoms with Crippen molar-refractivity contribution in [3.63, 3.8) is 0 Å². The van der Waals surface area contributed by atoms with Crippen molar-refractivity contribution >= 4 is 8.53 Å². The van der Waals surface area contributed by atoms with Gasteiger partial charge in [0.15, 0.2) is 18.7 Å². The minimum atomic E-state index is -1.66. The number of aliphatic hydroxyl groups is 4. The highest BCUT2D eigenvalue weighted by molar-refractivity contribution is 7.44. The van der Waals surface area contributed by atoms with Gasteiger partial charge in [-0.1, -0.05) is 20.8 Å². The number of aliphatic hydroxyl groups excluding tert-OH is 4. The first-order valence-corrected chi connectivity index (χ1v) is 28.4. The molecule has 3 aromatic rings. The lowest BCUT2D eigenvalue weighted by Crippen LogP contribution is -2.42. The normalized spacial score (nSPS) is 26.6. The molecule has 3 saturated heterocycles. The van der Waals surface area contributed by atoms with Crippen LogP contribution in [-0.4, -0.2) is 212 Å². The van der Waals surface area contributed by atoms with Crippen LogP contribution in [0.5, 0.6) is 0 Å². The maximum atomic E-state index is 12.7. The van der Waals surface area contributed by atoms with Crippen LogP contribution < -0.4 is 33.7 Å². The lowest BCUT2D eigenvalue weighted by molar-refractivity contribution is -0.0902. The Kier molecular flexibility index (Phi) is 31.3. The Labute approximate surface area is 496 Å². The Balaban J connectivity index is 0.000000444. The maximum absolute atomic E-state index is 12.7. The number of nitrogens with one attached hydrogen (secondary N) is 3. The third-order valence-electron chi connectivity index (χ3n) is 13.1. The second-order valence-corrected chi connectivity index (χ2v) is 21.1. The van der Waals surface area contributed by atoms with Crippen molar-refractivity contribution in [2.75, 3.05) is 88.3 Å². The van der Waals surface area contributed by atoms with Crippen molar-refractivity contribution in [3.8, 4) is 0 Å². The molecule has 3 aromatic heterocycles. The summed E-state index contributed by atoms with van der Waals surface area (Å²) >= 11 is 0. The van der Waals surface area contributed by atoms with Crippen LogP contribution in [0.1, 0.15) is 106 Å². The van der Waals surface area contributed by atoms with Crippen LogP contribution in [-0.2, 0) is 51.7 Å². The maximum Gasteiger partial charge on any atom is 0.330 e. The van der Waals surface area contributed by atoms with E-state index in [0.29, 0.717) is 43.1 Å². The molecule has 16 atom stereocenters. The van der Waals surface area contributed by atoms with Crippen LogP contribution in [0, 0.1) is 33.3 Å². The quantitative estimate of drug-likeness (QED) is 0.0339. The fourth-order valence-electron chi connectivity index (χ4n) is 9.15. The number of methoxy groups -OCH3 is 3. The highest BCUT2D eigenvalue weighted by Gasteiger charge is 2.50. The number of hydrogen-bond acceptors (Lipinski definition) is 22. The molecular weight excluding hydrogens is 1130 g/mol. The number of aromatic amines is 3. The molecule has 0 aromatic carbocycles.